The number of nitrogens with one attached hydrogen (secondary N) is 1. The highest BCUT2D eigenvalue weighted by atomic mass is 16.6. The fourth-order valence-corrected chi connectivity index (χ4v) is 4.60. The number of hydrogen-bond donors (Lipinski definition) is 1. The first kappa shape index (κ1) is 24.5. The maximum atomic E-state index is 12.5. The molecule has 1 saturated carbocycles. The van der Waals surface area contributed by atoms with Crippen LogP contribution in [0.5, 0.6) is 5.88 Å². The van der Waals surface area contributed by atoms with Crippen LogP contribution < -0.4 is 10.1 Å². The average molecular weight is 473 g/mol. The lowest BCUT2D eigenvalue weighted by Gasteiger charge is -2.38. The Morgan fingerprint density at radius 1 is 1.09 bits per heavy atom. The summed E-state index contributed by atoms with van der Waals surface area (Å²) in [6.07, 6.45) is 5.67. The van der Waals surface area contributed by atoms with E-state index in [1.165, 1.54) is 0 Å². The Labute approximate surface area is 201 Å². The lowest BCUT2D eigenvalue weighted by Crippen LogP contribution is -2.45. The molecule has 2 aromatic rings. The number of benzene rings is 1. The lowest BCUT2D eigenvalue weighted by molar-refractivity contribution is 0.00502. The van der Waals surface area contributed by atoms with Crippen molar-refractivity contribution in [3.05, 3.63) is 42.1 Å². The van der Waals surface area contributed by atoms with E-state index in [9.17, 15) is 4.79 Å². The molecule has 9 heteroatoms. The summed E-state index contributed by atoms with van der Waals surface area (Å²) in [5.41, 5.74) is 1.45. The molecule has 0 radical (unpaired) electrons. The predicted octanol–water partition coefficient (Wildman–Crippen LogP) is 3.86. The fraction of sp³-hybridized carbons (Fsp3) is 0.600. The molecule has 1 amide bonds. The zero-order chi connectivity index (χ0) is 23.6. The maximum absolute atomic E-state index is 12.5. The third kappa shape index (κ3) is 6.94. The minimum absolute atomic E-state index is 0.201. The zero-order valence-corrected chi connectivity index (χ0v) is 20.0. The monoisotopic (exact) mass is 472 g/mol. The van der Waals surface area contributed by atoms with E-state index < -0.39 is 6.09 Å². The Kier molecular flexibility index (Phi) is 9.18. The number of anilines is 1. The number of ether oxygens (including phenoxy) is 4. The van der Waals surface area contributed by atoms with Crippen molar-refractivity contribution in [3.63, 3.8) is 0 Å². The van der Waals surface area contributed by atoms with E-state index >= 15 is 0 Å². The highest BCUT2D eigenvalue weighted by molar-refractivity contribution is 5.86. The molecule has 1 aromatic heterocycles. The summed E-state index contributed by atoms with van der Waals surface area (Å²) >= 11 is 0. The largest absolute Gasteiger partial charge is 0.473 e. The van der Waals surface area contributed by atoms with Crippen LogP contribution in [-0.2, 0) is 20.8 Å². The normalized spacial score (nSPS) is 21.2. The number of aromatic nitrogens is 2. The number of nitrogens with zero attached hydrogens (tertiary/aromatic N) is 3. The Morgan fingerprint density at radius 3 is 2.56 bits per heavy atom. The highest BCUT2D eigenvalue weighted by Crippen LogP contribution is 2.34. The van der Waals surface area contributed by atoms with Crippen LogP contribution in [0.25, 0.3) is 0 Å². The third-order valence-electron chi connectivity index (χ3n) is 6.42. The number of amides is 1. The molecule has 9 nitrogen and oxygen atoms in total. The Hall–Kier alpha value is -2.62. The molecule has 0 bridgehead atoms. The Balaban J connectivity index is 1.35. The van der Waals surface area contributed by atoms with E-state index in [-0.39, 0.29) is 12.6 Å². The second kappa shape index (κ2) is 12.7. The van der Waals surface area contributed by atoms with Crippen molar-refractivity contribution in [3.8, 4) is 5.88 Å². The number of carbonyl (C=O) groups is 1. The summed E-state index contributed by atoms with van der Waals surface area (Å²) in [5.74, 6) is 0.395. The second-order valence-electron chi connectivity index (χ2n) is 8.67. The molecule has 0 unspecified atom stereocenters. The van der Waals surface area contributed by atoms with E-state index in [2.05, 4.69) is 15.3 Å². The van der Waals surface area contributed by atoms with Crippen LogP contribution in [0.1, 0.15) is 44.2 Å². The van der Waals surface area contributed by atoms with Crippen molar-refractivity contribution in [2.75, 3.05) is 51.4 Å². The Morgan fingerprint density at radius 2 is 1.82 bits per heavy atom. The molecule has 1 aliphatic carbocycles. The lowest BCUT2D eigenvalue weighted by atomic mass is 9.90. The molecule has 186 valence electrons. The van der Waals surface area contributed by atoms with E-state index in [4.69, 9.17) is 18.9 Å². The molecule has 0 spiro atoms. The molecule has 2 fully saturated rings. The molecular formula is C25H36N4O5. The van der Waals surface area contributed by atoms with E-state index in [1.54, 1.807) is 0 Å². The standard InChI is InChI=1S/C25H36N4O5/c1-2-31-16-17-33-24-23(26-25(30)34-19-20-6-4-3-5-7-20)18-29(27-24)22-10-8-21(9-11-22)28-12-14-32-15-13-28/h3-7,18,21-22H,2,8-17,19H2,1H3,(H,26,30)/t21-,22-. The number of rotatable bonds is 10. The minimum Gasteiger partial charge on any atom is -0.473 e. The van der Waals surface area contributed by atoms with E-state index in [0.717, 1.165) is 57.6 Å². The zero-order valence-electron chi connectivity index (χ0n) is 20.0. The van der Waals surface area contributed by atoms with Crippen molar-refractivity contribution < 1.29 is 23.7 Å². The predicted molar refractivity (Wildman–Crippen MR) is 128 cm³/mol. The van der Waals surface area contributed by atoms with Gasteiger partial charge in [0.15, 0.2) is 0 Å². The molecule has 1 N–H and O–H groups in total. The van der Waals surface area contributed by atoms with Gasteiger partial charge in [0.2, 0.25) is 0 Å². The topological polar surface area (TPSA) is 87.1 Å². The van der Waals surface area contributed by atoms with Crippen molar-refractivity contribution in [2.24, 2.45) is 0 Å². The molecule has 2 aliphatic rings. The molecule has 2 heterocycles. The number of hydrogen-bond acceptors (Lipinski definition) is 7. The van der Waals surface area contributed by atoms with Gasteiger partial charge in [-0.2, -0.15) is 0 Å². The molecule has 0 atom stereocenters. The first-order valence-electron chi connectivity index (χ1n) is 12.3. The SMILES string of the molecule is CCOCCOc1nn([C@H]2CC[C@H](N3CCOCC3)CC2)cc1NC(=O)OCc1ccccc1. The van der Waals surface area contributed by atoms with Gasteiger partial charge < -0.3 is 18.9 Å². The van der Waals surface area contributed by atoms with Gasteiger partial charge in [0, 0.05) is 25.7 Å². The summed E-state index contributed by atoms with van der Waals surface area (Å²) in [6.45, 7) is 7.30. The fourth-order valence-electron chi connectivity index (χ4n) is 4.60. The first-order chi connectivity index (χ1) is 16.7. The molecule has 4 rings (SSSR count). The van der Waals surface area contributed by atoms with Crippen LogP contribution in [0, 0.1) is 0 Å². The van der Waals surface area contributed by atoms with Gasteiger partial charge in [-0.25, -0.2) is 4.79 Å². The van der Waals surface area contributed by atoms with Crippen LogP contribution in [-0.4, -0.2) is 72.9 Å². The van der Waals surface area contributed by atoms with Gasteiger partial charge in [-0.3, -0.25) is 14.9 Å². The quantitative estimate of drug-likeness (QED) is 0.526. The molecule has 1 aliphatic heterocycles. The average Bonchev–Trinajstić information content (AvgIpc) is 3.29. The van der Waals surface area contributed by atoms with Crippen LogP contribution >= 0.6 is 0 Å². The third-order valence-corrected chi connectivity index (χ3v) is 6.42. The van der Waals surface area contributed by atoms with Crippen LogP contribution in [0.3, 0.4) is 0 Å². The Bertz CT molecular complexity index is 877. The first-order valence-corrected chi connectivity index (χ1v) is 12.3. The summed E-state index contributed by atoms with van der Waals surface area (Å²) in [6, 6.07) is 10.5. The van der Waals surface area contributed by atoms with Gasteiger partial charge in [0.05, 0.1) is 32.1 Å². The second-order valence-corrected chi connectivity index (χ2v) is 8.67. The number of carbonyl (C=O) groups excluding carboxylic acids is 1. The summed E-state index contributed by atoms with van der Waals surface area (Å²) in [5, 5.41) is 7.48. The van der Waals surface area contributed by atoms with Gasteiger partial charge in [-0.15, -0.1) is 5.10 Å². The van der Waals surface area contributed by atoms with Crippen LogP contribution in [0.2, 0.25) is 0 Å². The van der Waals surface area contributed by atoms with Crippen molar-refractivity contribution in [1.82, 2.24) is 14.7 Å². The molecular weight excluding hydrogens is 436 g/mol. The van der Waals surface area contributed by atoms with Crippen LogP contribution in [0.4, 0.5) is 10.5 Å². The van der Waals surface area contributed by atoms with Crippen LogP contribution in [0.15, 0.2) is 36.5 Å². The molecule has 1 aromatic carbocycles. The van der Waals surface area contributed by atoms with Gasteiger partial charge in [0.1, 0.15) is 18.9 Å². The molecule has 34 heavy (non-hydrogen) atoms. The minimum atomic E-state index is -0.533. The van der Waals surface area contributed by atoms with Gasteiger partial charge >= 0.3 is 6.09 Å². The van der Waals surface area contributed by atoms with Crippen molar-refractivity contribution in [2.45, 2.75) is 51.3 Å². The van der Waals surface area contributed by atoms with Crippen molar-refractivity contribution in [1.29, 1.82) is 0 Å². The summed E-state index contributed by atoms with van der Waals surface area (Å²) in [4.78, 5) is 15.0. The highest BCUT2D eigenvalue weighted by Gasteiger charge is 2.29. The van der Waals surface area contributed by atoms with Gasteiger partial charge in [0.25, 0.3) is 5.88 Å². The van der Waals surface area contributed by atoms with Gasteiger partial charge in [-0.05, 0) is 38.2 Å². The van der Waals surface area contributed by atoms with E-state index in [0.29, 0.717) is 37.4 Å². The van der Waals surface area contributed by atoms with E-state index in [1.807, 2.05) is 48.1 Å². The maximum Gasteiger partial charge on any atom is 0.412 e. The smallest absolute Gasteiger partial charge is 0.412 e. The van der Waals surface area contributed by atoms with Gasteiger partial charge in [-0.1, -0.05) is 30.3 Å². The summed E-state index contributed by atoms with van der Waals surface area (Å²) in [7, 11) is 0. The summed E-state index contributed by atoms with van der Waals surface area (Å²) < 4.78 is 24.0. The molecule has 1 saturated heterocycles. The number of morpholine rings is 1. The van der Waals surface area contributed by atoms with Crippen molar-refractivity contribution >= 4 is 11.8 Å².